The highest BCUT2D eigenvalue weighted by atomic mass is 16.2. The molecule has 3 aromatic heterocycles. The van der Waals surface area contributed by atoms with Gasteiger partial charge in [-0.3, -0.25) is 9.89 Å². The number of nitrogens with two attached hydrogens (primary N) is 1. The third-order valence-corrected chi connectivity index (χ3v) is 4.07. The fourth-order valence-corrected chi connectivity index (χ4v) is 2.71. The van der Waals surface area contributed by atoms with Crippen LogP contribution in [-0.4, -0.2) is 49.0 Å². The van der Waals surface area contributed by atoms with Crippen LogP contribution in [0.2, 0.25) is 0 Å². The molecule has 8 heteroatoms. The largest absolute Gasteiger partial charge is 0.383 e. The summed E-state index contributed by atoms with van der Waals surface area (Å²) in [6.07, 6.45) is 8.60. The Morgan fingerprint density at radius 2 is 2.00 bits per heavy atom. The summed E-state index contributed by atoms with van der Waals surface area (Å²) in [5, 5.41) is 6.60. The van der Waals surface area contributed by atoms with Crippen LogP contribution in [0, 0.1) is 0 Å². The van der Waals surface area contributed by atoms with Crippen LogP contribution < -0.4 is 5.73 Å². The van der Waals surface area contributed by atoms with E-state index in [2.05, 4.69) is 25.1 Å². The van der Waals surface area contributed by atoms with Gasteiger partial charge in [-0.05, 0) is 31.4 Å². The number of nitrogen functional groups attached to an aromatic ring is 1. The van der Waals surface area contributed by atoms with Gasteiger partial charge in [0.05, 0.1) is 18.1 Å². The minimum atomic E-state index is 0.231. The number of piperidine rings is 1. The number of carbonyl (C=O) groups excluding carboxylic acids is 1. The van der Waals surface area contributed by atoms with Gasteiger partial charge in [0.15, 0.2) is 5.65 Å². The second kappa shape index (κ2) is 7.69. The van der Waals surface area contributed by atoms with E-state index in [1.54, 1.807) is 25.5 Å². The van der Waals surface area contributed by atoms with E-state index in [-0.39, 0.29) is 5.91 Å². The zero-order valence-electron chi connectivity index (χ0n) is 14.1. The fourth-order valence-electron chi connectivity index (χ4n) is 2.71. The average Bonchev–Trinajstić information content (AvgIpc) is 3.11. The number of likely N-dealkylation sites (tertiary alicyclic amines) is 1. The molecule has 25 heavy (non-hydrogen) atoms. The van der Waals surface area contributed by atoms with E-state index in [1.807, 2.05) is 17.0 Å². The highest BCUT2D eigenvalue weighted by molar-refractivity contribution is 5.76. The maximum atomic E-state index is 10.7. The van der Waals surface area contributed by atoms with E-state index in [0.717, 1.165) is 18.7 Å². The molecule has 1 aliphatic heterocycles. The standard InChI is InChI=1S/C10H8N6.C7H13NO/c11-9-6(2-1-3-12-9)7-4-13-10-8(15-7)5-14-16-10;1-7(9)8-5-3-2-4-6-8/h1-5H,(H2,11,12)(H,13,14,16);2-6H2,1H3. The molecule has 4 heterocycles. The molecule has 1 saturated heterocycles. The summed E-state index contributed by atoms with van der Waals surface area (Å²) in [5.74, 6) is 0.675. The summed E-state index contributed by atoms with van der Waals surface area (Å²) in [4.78, 5) is 25.2. The molecule has 3 N–H and O–H groups in total. The number of anilines is 1. The second-order valence-electron chi connectivity index (χ2n) is 5.86. The monoisotopic (exact) mass is 339 g/mol. The quantitative estimate of drug-likeness (QED) is 0.701. The van der Waals surface area contributed by atoms with Gasteiger partial charge in [-0.15, -0.1) is 0 Å². The van der Waals surface area contributed by atoms with Crippen LogP contribution in [-0.2, 0) is 4.79 Å². The summed E-state index contributed by atoms with van der Waals surface area (Å²) in [7, 11) is 0. The van der Waals surface area contributed by atoms with Gasteiger partial charge in [-0.25, -0.2) is 15.0 Å². The van der Waals surface area contributed by atoms with Crippen molar-refractivity contribution in [3.8, 4) is 11.3 Å². The van der Waals surface area contributed by atoms with E-state index in [9.17, 15) is 4.79 Å². The first kappa shape index (κ1) is 16.8. The molecule has 1 aliphatic rings. The van der Waals surface area contributed by atoms with E-state index in [1.165, 1.54) is 19.3 Å². The SMILES string of the molecule is CC(=O)N1CCCCC1.Nc1ncccc1-c1cnc2[nH]ncc2n1. The van der Waals surface area contributed by atoms with Crippen molar-refractivity contribution >= 4 is 22.9 Å². The number of aromatic amines is 1. The summed E-state index contributed by atoms with van der Waals surface area (Å²) in [6, 6.07) is 3.67. The van der Waals surface area contributed by atoms with Gasteiger partial charge in [-0.2, -0.15) is 5.10 Å². The molecule has 0 aromatic carbocycles. The van der Waals surface area contributed by atoms with Gasteiger partial charge in [0.25, 0.3) is 0 Å². The maximum Gasteiger partial charge on any atom is 0.219 e. The zero-order chi connectivity index (χ0) is 17.6. The summed E-state index contributed by atoms with van der Waals surface area (Å²) in [5.41, 5.74) is 8.61. The normalized spacial score (nSPS) is 14.0. The van der Waals surface area contributed by atoms with Crippen LogP contribution in [0.15, 0.2) is 30.7 Å². The lowest BCUT2D eigenvalue weighted by Gasteiger charge is -2.24. The van der Waals surface area contributed by atoms with Crippen LogP contribution in [0.3, 0.4) is 0 Å². The topological polar surface area (TPSA) is 114 Å². The number of pyridine rings is 1. The third-order valence-electron chi connectivity index (χ3n) is 4.07. The van der Waals surface area contributed by atoms with Gasteiger partial charge >= 0.3 is 0 Å². The Bertz CT molecular complexity index is 855. The molecule has 0 spiro atoms. The van der Waals surface area contributed by atoms with Crippen LogP contribution in [0.5, 0.6) is 0 Å². The highest BCUT2D eigenvalue weighted by Gasteiger charge is 2.11. The second-order valence-corrected chi connectivity index (χ2v) is 5.86. The zero-order valence-corrected chi connectivity index (χ0v) is 14.1. The van der Waals surface area contributed by atoms with Crippen LogP contribution in [0.4, 0.5) is 5.82 Å². The number of amides is 1. The predicted octanol–water partition coefficient (Wildman–Crippen LogP) is 2.02. The lowest BCUT2D eigenvalue weighted by atomic mass is 10.1. The number of carbonyl (C=O) groups is 1. The fraction of sp³-hybridized carbons (Fsp3) is 0.353. The van der Waals surface area contributed by atoms with Gasteiger partial charge in [0, 0.05) is 31.8 Å². The first-order valence-electron chi connectivity index (χ1n) is 8.27. The van der Waals surface area contributed by atoms with Gasteiger partial charge in [0.1, 0.15) is 11.3 Å². The lowest BCUT2D eigenvalue weighted by Crippen LogP contribution is -2.33. The van der Waals surface area contributed by atoms with E-state index >= 15 is 0 Å². The number of aromatic nitrogens is 5. The number of rotatable bonds is 1. The Morgan fingerprint density at radius 1 is 1.20 bits per heavy atom. The van der Waals surface area contributed by atoms with Crippen molar-refractivity contribution in [2.75, 3.05) is 18.8 Å². The summed E-state index contributed by atoms with van der Waals surface area (Å²) in [6.45, 7) is 3.61. The number of hydrogen-bond donors (Lipinski definition) is 2. The molecular formula is C17H21N7O. The first-order valence-corrected chi connectivity index (χ1v) is 8.27. The molecule has 0 radical (unpaired) electrons. The Kier molecular flexibility index (Phi) is 5.17. The number of nitrogens with one attached hydrogen (secondary N) is 1. The minimum absolute atomic E-state index is 0.231. The molecule has 0 saturated carbocycles. The van der Waals surface area contributed by atoms with Crippen LogP contribution >= 0.6 is 0 Å². The van der Waals surface area contributed by atoms with Crippen molar-refractivity contribution in [1.29, 1.82) is 0 Å². The molecule has 3 aromatic rings. The minimum Gasteiger partial charge on any atom is -0.383 e. The van der Waals surface area contributed by atoms with Crippen LogP contribution in [0.1, 0.15) is 26.2 Å². The van der Waals surface area contributed by atoms with E-state index in [0.29, 0.717) is 22.7 Å². The number of H-pyrrole nitrogens is 1. The number of fused-ring (bicyclic) bond motifs is 1. The Hall–Kier alpha value is -3.03. The molecule has 0 bridgehead atoms. The summed E-state index contributed by atoms with van der Waals surface area (Å²) >= 11 is 0. The van der Waals surface area contributed by atoms with Crippen LogP contribution in [0.25, 0.3) is 22.4 Å². The van der Waals surface area contributed by atoms with Gasteiger partial charge < -0.3 is 10.6 Å². The number of hydrogen-bond acceptors (Lipinski definition) is 6. The molecule has 4 rings (SSSR count). The van der Waals surface area contributed by atoms with Gasteiger partial charge in [0.2, 0.25) is 5.91 Å². The lowest BCUT2D eigenvalue weighted by molar-refractivity contribution is -0.129. The van der Waals surface area contributed by atoms with Gasteiger partial charge in [-0.1, -0.05) is 0 Å². The number of nitrogens with zero attached hydrogens (tertiary/aromatic N) is 5. The Morgan fingerprint density at radius 3 is 2.68 bits per heavy atom. The van der Waals surface area contributed by atoms with E-state index < -0.39 is 0 Å². The van der Waals surface area contributed by atoms with Crippen molar-refractivity contribution < 1.29 is 4.79 Å². The molecule has 8 nitrogen and oxygen atoms in total. The molecule has 1 amide bonds. The summed E-state index contributed by atoms with van der Waals surface area (Å²) < 4.78 is 0. The maximum absolute atomic E-state index is 10.7. The smallest absolute Gasteiger partial charge is 0.219 e. The first-order chi connectivity index (χ1) is 12.1. The van der Waals surface area contributed by atoms with Crippen molar-refractivity contribution in [3.63, 3.8) is 0 Å². The molecular weight excluding hydrogens is 318 g/mol. The predicted molar refractivity (Wildman–Crippen MR) is 95.4 cm³/mol. The van der Waals surface area contributed by atoms with Crippen molar-refractivity contribution in [3.05, 3.63) is 30.7 Å². The molecule has 130 valence electrons. The Balaban J connectivity index is 0.000000173. The van der Waals surface area contributed by atoms with E-state index in [4.69, 9.17) is 5.73 Å². The van der Waals surface area contributed by atoms with Crippen molar-refractivity contribution in [2.24, 2.45) is 0 Å². The molecule has 0 aliphatic carbocycles. The molecule has 0 atom stereocenters. The third kappa shape index (κ3) is 4.09. The van der Waals surface area contributed by atoms with Crippen molar-refractivity contribution in [1.82, 2.24) is 30.0 Å². The molecule has 0 unspecified atom stereocenters. The Labute approximate surface area is 145 Å². The van der Waals surface area contributed by atoms with Crippen molar-refractivity contribution in [2.45, 2.75) is 26.2 Å². The highest BCUT2D eigenvalue weighted by Crippen LogP contribution is 2.22. The average molecular weight is 339 g/mol. The molecule has 1 fully saturated rings.